The monoisotopic (exact) mass is 299 g/mol. The lowest BCUT2D eigenvalue weighted by Gasteiger charge is -2.33. The van der Waals surface area contributed by atoms with E-state index in [9.17, 15) is 4.79 Å². The smallest absolute Gasteiger partial charge is 0.323 e. The Morgan fingerprint density at radius 2 is 2.25 bits per heavy atom. The second kappa shape index (κ2) is 6.59. The average Bonchev–Trinajstić information content (AvgIpc) is 2.74. The van der Waals surface area contributed by atoms with Crippen LogP contribution in [0.3, 0.4) is 0 Å². The first-order valence-electron chi connectivity index (χ1n) is 7.10. The van der Waals surface area contributed by atoms with Gasteiger partial charge in [-0.2, -0.15) is 5.10 Å². The van der Waals surface area contributed by atoms with Crippen molar-refractivity contribution in [2.24, 2.45) is 7.05 Å². The van der Waals surface area contributed by atoms with Gasteiger partial charge in [-0.1, -0.05) is 24.9 Å². The summed E-state index contributed by atoms with van der Waals surface area (Å²) in [6, 6.07) is -0.162. The average molecular weight is 300 g/mol. The van der Waals surface area contributed by atoms with E-state index in [1.165, 1.54) is 7.11 Å². The van der Waals surface area contributed by atoms with Gasteiger partial charge in [0.1, 0.15) is 6.04 Å². The summed E-state index contributed by atoms with van der Waals surface area (Å²) in [4.78, 5) is 14.0. The van der Waals surface area contributed by atoms with Crippen molar-refractivity contribution in [3.8, 4) is 0 Å². The van der Waals surface area contributed by atoms with Crippen molar-refractivity contribution in [2.45, 2.75) is 45.2 Å². The fourth-order valence-corrected chi connectivity index (χ4v) is 3.12. The molecule has 1 aliphatic heterocycles. The summed E-state index contributed by atoms with van der Waals surface area (Å²) in [6.07, 6.45) is 3.83. The maximum atomic E-state index is 11.9. The molecule has 0 spiro atoms. The van der Waals surface area contributed by atoms with Gasteiger partial charge in [0.15, 0.2) is 0 Å². The summed E-state index contributed by atoms with van der Waals surface area (Å²) in [5.74, 6) is -0.154. The zero-order valence-corrected chi connectivity index (χ0v) is 13.1. The number of ether oxygens (including phenoxy) is 1. The number of rotatable bonds is 4. The van der Waals surface area contributed by atoms with E-state index in [0.29, 0.717) is 6.54 Å². The molecule has 2 rings (SSSR count). The number of likely N-dealkylation sites (tertiary alicyclic amines) is 1. The molecule has 0 aliphatic carbocycles. The van der Waals surface area contributed by atoms with Gasteiger partial charge in [0.25, 0.3) is 0 Å². The molecule has 0 bridgehead atoms. The minimum Gasteiger partial charge on any atom is -0.468 e. The SMILES string of the molecule is CCc1nn(C)c(CN2CCCCC2C(=O)OC)c1Cl. The van der Waals surface area contributed by atoms with Crippen LogP contribution in [0.1, 0.15) is 37.6 Å². The van der Waals surface area contributed by atoms with Gasteiger partial charge in [-0.3, -0.25) is 14.4 Å². The molecule has 0 saturated carbocycles. The third-order valence-electron chi connectivity index (χ3n) is 3.94. The third-order valence-corrected chi connectivity index (χ3v) is 4.38. The molecule has 5 nitrogen and oxygen atoms in total. The quantitative estimate of drug-likeness (QED) is 0.800. The Hall–Kier alpha value is -1.07. The van der Waals surface area contributed by atoms with Gasteiger partial charge >= 0.3 is 5.97 Å². The van der Waals surface area contributed by atoms with Gasteiger partial charge < -0.3 is 4.74 Å². The highest BCUT2D eigenvalue weighted by Crippen LogP contribution is 2.26. The standard InChI is InChI=1S/C14H22ClN3O2/c1-4-10-13(15)12(17(2)16-10)9-18-8-6-5-7-11(18)14(19)20-3/h11H,4-9H2,1-3H3. The summed E-state index contributed by atoms with van der Waals surface area (Å²) in [7, 11) is 3.35. The van der Waals surface area contributed by atoms with Crippen LogP contribution in [0.5, 0.6) is 0 Å². The number of methoxy groups -OCH3 is 1. The number of nitrogens with zero attached hydrogens (tertiary/aromatic N) is 3. The van der Waals surface area contributed by atoms with Crippen LogP contribution in [-0.4, -0.2) is 40.3 Å². The fourth-order valence-electron chi connectivity index (χ4n) is 2.77. The van der Waals surface area contributed by atoms with Crippen LogP contribution < -0.4 is 0 Å². The van der Waals surface area contributed by atoms with Gasteiger partial charge in [-0.15, -0.1) is 0 Å². The molecule has 1 fully saturated rings. The Bertz CT molecular complexity index is 487. The molecular weight excluding hydrogens is 278 g/mol. The lowest BCUT2D eigenvalue weighted by molar-refractivity contribution is -0.148. The number of carbonyl (C=O) groups excluding carboxylic acids is 1. The molecule has 6 heteroatoms. The summed E-state index contributed by atoms with van der Waals surface area (Å²) in [5, 5.41) is 5.15. The largest absolute Gasteiger partial charge is 0.468 e. The number of aryl methyl sites for hydroxylation is 2. The number of aromatic nitrogens is 2. The predicted octanol–water partition coefficient (Wildman–Crippen LogP) is 2.16. The minimum absolute atomic E-state index is 0.154. The zero-order chi connectivity index (χ0) is 14.7. The Kier molecular flexibility index (Phi) is 5.05. The maximum absolute atomic E-state index is 11.9. The van der Waals surface area contributed by atoms with Crippen LogP contribution in [-0.2, 0) is 29.5 Å². The number of hydrogen-bond donors (Lipinski definition) is 0. The van der Waals surface area contributed by atoms with Crippen LogP contribution in [0.15, 0.2) is 0 Å². The van der Waals surface area contributed by atoms with Crippen LogP contribution in [0.25, 0.3) is 0 Å². The number of halogens is 1. The topological polar surface area (TPSA) is 47.4 Å². The molecule has 0 amide bonds. The lowest BCUT2D eigenvalue weighted by Crippen LogP contribution is -2.45. The normalized spacial score (nSPS) is 20.1. The molecular formula is C14H22ClN3O2. The molecule has 1 unspecified atom stereocenters. The van der Waals surface area contributed by atoms with E-state index in [0.717, 1.165) is 48.6 Å². The Morgan fingerprint density at radius 1 is 1.50 bits per heavy atom. The Balaban J connectivity index is 2.18. The first-order valence-corrected chi connectivity index (χ1v) is 7.48. The first kappa shape index (κ1) is 15.3. The van der Waals surface area contributed by atoms with Crippen molar-refractivity contribution in [3.05, 3.63) is 16.4 Å². The van der Waals surface area contributed by atoms with Crippen molar-refractivity contribution in [1.29, 1.82) is 0 Å². The van der Waals surface area contributed by atoms with Gasteiger partial charge in [-0.05, 0) is 25.8 Å². The molecule has 0 aromatic carbocycles. The van der Waals surface area contributed by atoms with E-state index in [4.69, 9.17) is 16.3 Å². The van der Waals surface area contributed by atoms with E-state index in [1.54, 1.807) is 0 Å². The van der Waals surface area contributed by atoms with Crippen LogP contribution in [0, 0.1) is 0 Å². The summed E-state index contributed by atoms with van der Waals surface area (Å²) >= 11 is 6.38. The summed E-state index contributed by atoms with van der Waals surface area (Å²) in [6.45, 7) is 3.57. The van der Waals surface area contributed by atoms with Crippen molar-refractivity contribution in [1.82, 2.24) is 14.7 Å². The van der Waals surface area contributed by atoms with Crippen molar-refractivity contribution in [3.63, 3.8) is 0 Å². The molecule has 1 aliphatic rings. The molecule has 1 aromatic rings. The Labute approximate surface area is 124 Å². The third kappa shape index (κ3) is 2.99. The van der Waals surface area contributed by atoms with E-state index in [2.05, 4.69) is 10.00 Å². The zero-order valence-electron chi connectivity index (χ0n) is 12.4. The van der Waals surface area contributed by atoms with Crippen LogP contribution in [0.2, 0.25) is 5.02 Å². The minimum atomic E-state index is -0.162. The highest BCUT2D eigenvalue weighted by atomic mass is 35.5. The number of hydrogen-bond acceptors (Lipinski definition) is 4. The van der Waals surface area contributed by atoms with Crippen molar-refractivity contribution in [2.75, 3.05) is 13.7 Å². The van der Waals surface area contributed by atoms with Crippen LogP contribution >= 0.6 is 11.6 Å². The van der Waals surface area contributed by atoms with Gasteiger partial charge in [0, 0.05) is 13.6 Å². The highest BCUT2D eigenvalue weighted by molar-refractivity contribution is 6.31. The number of esters is 1. The second-order valence-corrected chi connectivity index (χ2v) is 5.57. The summed E-state index contributed by atoms with van der Waals surface area (Å²) < 4.78 is 6.73. The van der Waals surface area contributed by atoms with E-state index < -0.39 is 0 Å². The molecule has 2 heterocycles. The van der Waals surface area contributed by atoms with Crippen LogP contribution in [0.4, 0.5) is 0 Å². The first-order chi connectivity index (χ1) is 9.58. The highest BCUT2D eigenvalue weighted by Gasteiger charge is 2.30. The van der Waals surface area contributed by atoms with E-state index >= 15 is 0 Å². The molecule has 0 N–H and O–H groups in total. The van der Waals surface area contributed by atoms with Crippen molar-refractivity contribution < 1.29 is 9.53 Å². The molecule has 1 aromatic heterocycles. The molecule has 112 valence electrons. The van der Waals surface area contributed by atoms with Crippen molar-refractivity contribution >= 4 is 17.6 Å². The molecule has 1 saturated heterocycles. The molecule has 20 heavy (non-hydrogen) atoms. The van der Waals surface area contributed by atoms with Gasteiger partial charge in [-0.25, -0.2) is 0 Å². The molecule has 0 radical (unpaired) electrons. The van der Waals surface area contributed by atoms with E-state index in [1.807, 2.05) is 18.7 Å². The van der Waals surface area contributed by atoms with Gasteiger partial charge in [0.05, 0.1) is 23.5 Å². The fraction of sp³-hybridized carbons (Fsp3) is 0.714. The molecule has 1 atom stereocenters. The van der Waals surface area contributed by atoms with E-state index in [-0.39, 0.29) is 12.0 Å². The maximum Gasteiger partial charge on any atom is 0.323 e. The number of carbonyl (C=O) groups is 1. The Morgan fingerprint density at radius 3 is 2.85 bits per heavy atom. The predicted molar refractivity (Wildman–Crippen MR) is 77.7 cm³/mol. The lowest BCUT2D eigenvalue weighted by atomic mass is 10.0. The summed E-state index contributed by atoms with van der Waals surface area (Å²) in [5.41, 5.74) is 1.88. The number of piperidine rings is 1. The second-order valence-electron chi connectivity index (χ2n) is 5.19. The van der Waals surface area contributed by atoms with Gasteiger partial charge in [0.2, 0.25) is 0 Å².